The van der Waals surface area contributed by atoms with Crippen LogP contribution in [-0.2, 0) is 4.79 Å². The van der Waals surface area contributed by atoms with Gasteiger partial charge < -0.3 is 11.1 Å². The Balaban J connectivity index is 1.64. The number of rotatable bonds is 7. The number of aromatic nitrogens is 4. The third-order valence-electron chi connectivity index (χ3n) is 3.49. The smallest absolute Gasteiger partial charge is 0.238 e. The standard InChI is InChI=1S/C11H18N6OS/c1-11(9(12)18,13-7-2-3-7)6-19-10-14-15-16-17(10)8-4-5-8/h7-8,13H,2-6H2,1H3,(H2,12,18). The summed E-state index contributed by atoms with van der Waals surface area (Å²) in [5.74, 6) is 0.226. The molecular weight excluding hydrogens is 264 g/mol. The molecule has 1 heterocycles. The molecule has 0 saturated heterocycles. The Kier molecular flexibility index (Phi) is 3.22. The first kappa shape index (κ1) is 12.9. The summed E-state index contributed by atoms with van der Waals surface area (Å²) < 4.78 is 1.85. The van der Waals surface area contributed by atoms with Crippen LogP contribution in [0.2, 0.25) is 0 Å². The van der Waals surface area contributed by atoms with Gasteiger partial charge in [0.25, 0.3) is 0 Å². The van der Waals surface area contributed by atoms with Gasteiger partial charge in [-0.1, -0.05) is 11.8 Å². The van der Waals surface area contributed by atoms with Crippen LogP contribution in [0.1, 0.15) is 38.6 Å². The molecule has 1 aromatic rings. The number of carbonyl (C=O) groups is 1. The van der Waals surface area contributed by atoms with Gasteiger partial charge in [-0.3, -0.25) is 4.79 Å². The number of hydrogen-bond acceptors (Lipinski definition) is 6. The second-order valence-electron chi connectivity index (χ2n) is 5.54. The van der Waals surface area contributed by atoms with Crippen LogP contribution < -0.4 is 11.1 Å². The number of primary amides is 1. The highest BCUT2D eigenvalue weighted by molar-refractivity contribution is 7.99. The lowest BCUT2D eigenvalue weighted by atomic mass is 10.1. The maximum Gasteiger partial charge on any atom is 0.238 e. The van der Waals surface area contributed by atoms with Gasteiger partial charge in [0.15, 0.2) is 0 Å². The first-order valence-electron chi connectivity index (χ1n) is 6.57. The Morgan fingerprint density at radius 1 is 1.53 bits per heavy atom. The molecule has 0 bridgehead atoms. The van der Waals surface area contributed by atoms with Crippen molar-refractivity contribution in [2.75, 3.05) is 5.75 Å². The predicted octanol–water partition coefficient (Wildman–Crippen LogP) is 0.0961. The van der Waals surface area contributed by atoms with Crippen molar-refractivity contribution in [3.05, 3.63) is 0 Å². The lowest BCUT2D eigenvalue weighted by Crippen LogP contribution is -2.56. The van der Waals surface area contributed by atoms with Crippen LogP contribution in [-0.4, -0.2) is 43.4 Å². The van der Waals surface area contributed by atoms with E-state index in [-0.39, 0.29) is 5.91 Å². The van der Waals surface area contributed by atoms with E-state index in [9.17, 15) is 4.79 Å². The molecule has 0 aliphatic heterocycles. The normalized spacial score (nSPS) is 22.2. The number of nitrogens with zero attached hydrogens (tertiary/aromatic N) is 4. The molecule has 1 amide bonds. The van der Waals surface area contributed by atoms with Gasteiger partial charge in [-0.05, 0) is 43.0 Å². The SMILES string of the molecule is CC(CSc1nnnn1C1CC1)(NC1CC1)C(N)=O. The predicted molar refractivity (Wildman–Crippen MR) is 70.6 cm³/mol. The van der Waals surface area contributed by atoms with E-state index in [1.54, 1.807) is 0 Å². The Labute approximate surface area is 115 Å². The molecule has 3 rings (SSSR count). The molecule has 1 aromatic heterocycles. The van der Waals surface area contributed by atoms with Gasteiger partial charge in [-0.25, -0.2) is 4.68 Å². The van der Waals surface area contributed by atoms with Crippen LogP contribution in [0, 0.1) is 0 Å². The molecule has 2 aliphatic carbocycles. The van der Waals surface area contributed by atoms with E-state index in [0.29, 0.717) is 17.8 Å². The molecule has 19 heavy (non-hydrogen) atoms. The molecule has 2 saturated carbocycles. The largest absolute Gasteiger partial charge is 0.368 e. The van der Waals surface area contributed by atoms with Crippen molar-refractivity contribution in [2.45, 2.75) is 55.4 Å². The van der Waals surface area contributed by atoms with E-state index in [4.69, 9.17) is 5.73 Å². The molecular formula is C11H18N6OS. The van der Waals surface area contributed by atoms with Gasteiger partial charge in [-0.15, -0.1) is 5.10 Å². The summed E-state index contributed by atoms with van der Waals surface area (Å²) in [6, 6.07) is 0.867. The van der Waals surface area contributed by atoms with Crippen molar-refractivity contribution in [1.82, 2.24) is 25.5 Å². The van der Waals surface area contributed by atoms with E-state index >= 15 is 0 Å². The molecule has 0 spiro atoms. The van der Waals surface area contributed by atoms with E-state index < -0.39 is 5.54 Å². The second-order valence-corrected chi connectivity index (χ2v) is 6.48. The first-order chi connectivity index (χ1) is 9.08. The van der Waals surface area contributed by atoms with Crippen LogP contribution in [0.3, 0.4) is 0 Å². The Morgan fingerprint density at radius 3 is 2.84 bits per heavy atom. The molecule has 2 aliphatic rings. The Morgan fingerprint density at radius 2 is 2.26 bits per heavy atom. The van der Waals surface area contributed by atoms with Crippen LogP contribution >= 0.6 is 11.8 Å². The molecule has 3 N–H and O–H groups in total. The number of tetrazole rings is 1. The minimum Gasteiger partial charge on any atom is -0.368 e. The van der Waals surface area contributed by atoms with Gasteiger partial charge >= 0.3 is 0 Å². The summed E-state index contributed by atoms with van der Waals surface area (Å²) >= 11 is 1.49. The van der Waals surface area contributed by atoms with Crippen LogP contribution in [0.4, 0.5) is 0 Å². The van der Waals surface area contributed by atoms with Crippen molar-refractivity contribution in [3.8, 4) is 0 Å². The molecule has 104 valence electrons. The van der Waals surface area contributed by atoms with Crippen LogP contribution in [0.5, 0.6) is 0 Å². The van der Waals surface area contributed by atoms with Crippen molar-refractivity contribution >= 4 is 17.7 Å². The van der Waals surface area contributed by atoms with Gasteiger partial charge in [0.05, 0.1) is 6.04 Å². The van der Waals surface area contributed by atoms with E-state index in [2.05, 4.69) is 20.8 Å². The fraction of sp³-hybridized carbons (Fsp3) is 0.818. The fourth-order valence-electron chi connectivity index (χ4n) is 1.90. The third-order valence-corrected chi connectivity index (χ3v) is 4.74. The van der Waals surface area contributed by atoms with Crippen LogP contribution in [0.25, 0.3) is 0 Å². The average molecular weight is 282 g/mol. The van der Waals surface area contributed by atoms with E-state index in [1.165, 1.54) is 11.8 Å². The highest BCUT2D eigenvalue weighted by atomic mass is 32.2. The van der Waals surface area contributed by atoms with Gasteiger partial charge in [0.2, 0.25) is 11.1 Å². The molecule has 0 aromatic carbocycles. The van der Waals surface area contributed by atoms with E-state index in [0.717, 1.165) is 30.8 Å². The zero-order valence-electron chi connectivity index (χ0n) is 10.9. The zero-order chi connectivity index (χ0) is 13.5. The summed E-state index contributed by atoms with van der Waals surface area (Å²) in [5, 5.41) is 15.8. The Bertz CT molecular complexity index is 483. The molecule has 2 fully saturated rings. The molecule has 8 heteroatoms. The number of hydrogen-bond donors (Lipinski definition) is 2. The lowest BCUT2D eigenvalue weighted by molar-refractivity contribution is -0.123. The number of carbonyl (C=O) groups excluding carboxylic acids is 1. The minimum absolute atomic E-state index is 0.322. The topological polar surface area (TPSA) is 98.7 Å². The third kappa shape index (κ3) is 2.89. The number of nitrogens with two attached hydrogens (primary N) is 1. The van der Waals surface area contributed by atoms with Gasteiger partial charge in [0.1, 0.15) is 5.54 Å². The fourth-order valence-corrected chi connectivity index (χ4v) is 2.96. The van der Waals surface area contributed by atoms with Crippen molar-refractivity contribution < 1.29 is 4.79 Å². The summed E-state index contributed by atoms with van der Waals surface area (Å²) in [6.45, 7) is 1.85. The molecule has 1 unspecified atom stereocenters. The van der Waals surface area contributed by atoms with Crippen molar-refractivity contribution in [2.24, 2.45) is 5.73 Å². The lowest BCUT2D eigenvalue weighted by Gasteiger charge is -2.26. The molecule has 1 atom stereocenters. The van der Waals surface area contributed by atoms with Crippen molar-refractivity contribution in [1.29, 1.82) is 0 Å². The summed E-state index contributed by atoms with van der Waals surface area (Å²) in [4.78, 5) is 11.7. The number of amides is 1. The van der Waals surface area contributed by atoms with E-state index in [1.807, 2.05) is 11.6 Å². The van der Waals surface area contributed by atoms with Gasteiger partial charge in [0, 0.05) is 11.8 Å². The molecule has 0 radical (unpaired) electrons. The summed E-state index contributed by atoms with van der Waals surface area (Å²) in [7, 11) is 0. The molecule has 7 nitrogen and oxygen atoms in total. The first-order valence-corrected chi connectivity index (χ1v) is 7.55. The second kappa shape index (κ2) is 4.75. The monoisotopic (exact) mass is 282 g/mol. The summed E-state index contributed by atoms with van der Waals surface area (Å²) in [6.07, 6.45) is 4.50. The highest BCUT2D eigenvalue weighted by Gasteiger charge is 2.38. The summed E-state index contributed by atoms with van der Waals surface area (Å²) in [5.41, 5.74) is 4.82. The highest BCUT2D eigenvalue weighted by Crippen LogP contribution is 2.37. The van der Waals surface area contributed by atoms with Gasteiger partial charge in [-0.2, -0.15) is 0 Å². The van der Waals surface area contributed by atoms with Crippen LogP contribution in [0.15, 0.2) is 5.16 Å². The zero-order valence-corrected chi connectivity index (χ0v) is 11.7. The average Bonchev–Trinajstić information content (AvgIpc) is 3.29. The number of nitrogens with one attached hydrogen (secondary N) is 1. The maximum absolute atomic E-state index is 11.7. The Hall–Kier alpha value is -1.15. The number of thioether (sulfide) groups is 1. The minimum atomic E-state index is -0.702. The maximum atomic E-state index is 11.7. The van der Waals surface area contributed by atoms with Crippen molar-refractivity contribution in [3.63, 3.8) is 0 Å². The quantitative estimate of drug-likeness (QED) is 0.688.